The summed E-state index contributed by atoms with van der Waals surface area (Å²) in [5.74, 6) is 0.866. The van der Waals surface area contributed by atoms with E-state index in [4.69, 9.17) is 15.7 Å². The number of benzene rings is 1. The van der Waals surface area contributed by atoms with E-state index in [0.29, 0.717) is 12.2 Å². The van der Waals surface area contributed by atoms with Gasteiger partial charge in [-0.05, 0) is 53.7 Å². The molecule has 5 nitrogen and oxygen atoms in total. The third-order valence-electron chi connectivity index (χ3n) is 3.03. The summed E-state index contributed by atoms with van der Waals surface area (Å²) in [5, 5.41) is 15.8. The number of ether oxygens (including phenoxy) is 1. The second-order valence-electron chi connectivity index (χ2n) is 4.73. The van der Waals surface area contributed by atoms with Gasteiger partial charge in [0.05, 0.1) is 0 Å². The van der Waals surface area contributed by atoms with Gasteiger partial charge in [0, 0.05) is 18.7 Å². The largest absolute Gasteiger partial charge is 0.492 e. The Labute approximate surface area is 128 Å². The lowest BCUT2D eigenvalue weighted by molar-refractivity contribution is 0.233. The second kappa shape index (κ2) is 7.66. The minimum Gasteiger partial charge on any atom is -0.492 e. The van der Waals surface area contributed by atoms with Crippen LogP contribution in [-0.4, -0.2) is 36.1 Å². The van der Waals surface area contributed by atoms with E-state index in [2.05, 4.69) is 33.9 Å². The second-order valence-corrected chi connectivity index (χ2v) is 5.51. The molecule has 0 amide bonds. The molecule has 2 rings (SSSR count). The molecule has 0 atom stereocenters. The van der Waals surface area contributed by atoms with Crippen molar-refractivity contribution in [3.8, 4) is 5.75 Å². The lowest BCUT2D eigenvalue weighted by atomic mass is 10.2. The van der Waals surface area contributed by atoms with Crippen LogP contribution in [-0.2, 0) is 6.54 Å². The van der Waals surface area contributed by atoms with Gasteiger partial charge in [-0.1, -0.05) is 5.16 Å². The Morgan fingerprint density at radius 3 is 2.71 bits per heavy atom. The molecule has 21 heavy (non-hydrogen) atoms. The Morgan fingerprint density at radius 1 is 1.33 bits per heavy atom. The first kappa shape index (κ1) is 15.3. The monoisotopic (exact) mass is 305 g/mol. The molecule has 6 heteroatoms. The van der Waals surface area contributed by atoms with Crippen LogP contribution in [0.3, 0.4) is 0 Å². The molecule has 1 heterocycles. The van der Waals surface area contributed by atoms with E-state index in [9.17, 15) is 0 Å². The molecule has 0 radical (unpaired) electrons. The Morgan fingerprint density at radius 2 is 2.10 bits per heavy atom. The molecule has 0 aliphatic rings. The van der Waals surface area contributed by atoms with Crippen molar-refractivity contribution in [1.82, 2.24) is 4.90 Å². The van der Waals surface area contributed by atoms with Gasteiger partial charge in [-0.25, -0.2) is 0 Å². The smallest absolute Gasteiger partial charge is 0.170 e. The molecule has 0 aliphatic carbocycles. The maximum Gasteiger partial charge on any atom is 0.170 e. The third kappa shape index (κ3) is 4.77. The summed E-state index contributed by atoms with van der Waals surface area (Å²) in [4.78, 5) is 2.22. The quantitative estimate of drug-likeness (QED) is 0.356. The van der Waals surface area contributed by atoms with Gasteiger partial charge in [-0.3, -0.25) is 4.90 Å². The molecule has 0 bridgehead atoms. The zero-order chi connectivity index (χ0) is 15.1. The highest BCUT2D eigenvalue weighted by atomic mass is 32.1. The maximum absolute atomic E-state index is 8.59. The average molecular weight is 305 g/mol. The Hall–Kier alpha value is -2.05. The molecular formula is C15H19N3O2S. The summed E-state index contributed by atoms with van der Waals surface area (Å²) in [7, 11) is 2.07. The maximum atomic E-state index is 8.59. The number of oxime groups is 1. The normalized spacial score (nSPS) is 11.8. The van der Waals surface area contributed by atoms with Gasteiger partial charge in [-0.15, -0.1) is 0 Å². The number of hydrogen-bond donors (Lipinski definition) is 2. The van der Waals surface area contributed by atoms with E-state index in [1.54, 1.807) is 23.5 Å². The molecule has 1 aromatic heterocycles. The predicted molar refractivity (Wildman–Crippen MR) is 85.1 cm³/mol. The van der Waals surface area contributed by atoms with E-state index >= 15 is 0 Å². The highest BCUT2D eigenvalue weighted by molar-refractivity contribution is 7.07. The first-order valence-electron chi connectivity index (χ1n) is 6.59. The minimum absolute atomic E-state index is 0.0945. The zero-order valence-corrected chi connectivity index (χ0v) is 12.7. The van der Waals surface area contributed by atoms with Crippen LogP contribution in [0.4, 0.5) is 0 Å². The summed E-state index contributed by atoms with van der Waals surface area (Å²) in [6, 6.07) is 9.28. The topological polar surface area (TPSA) is 71.1 Å². The molecule has 0 saturated heterocycles. The SMILES string of the molecule is CN(CCOc1ccc(C(N)=NO)cc1)Cc1ccsc1. The van der Waals surface area contributed by atoms with Crippen LogP contribution in [0.1, 0.15) is 11.1 Å². The molecule has 0 aliphatic heterocycles. The summed E-state index contributed by atoms with van der Waals surface area (Å²) in [5.41, 5.74) is 7.49. The molecule has 2 aromatic rings. The summed E-state index contributed by atoms with van der Waals surface area (Å²) in [6.45, 7) is 2.39. The fourth-order valence-corrected chi connectivity index (χ4v) is 2.53. The van der Waals surface area contributed by atoms with Gasteiger partial charge in [0.1, 0.15) is 12.4 Å². The summed E-state index contributed by atoms with van der Waals surface area (Å²) in [6.07, 6.45) is 0. The van der Waals surface area contributed by atoms with Crippen molar-refractivity contribution in [3.05, 3.63) is 52.2 Å². The van der Waals surface area contributed by atoms with E-state index in [0.717, 1.165) is 18.8 Å². The van der Waals surface area contributed by atoms with Crippen LogP contribution in [0.15, 0.2) is 46.2 Å². The zero-order valence-electron chi connectivity index (χ0n) is 11.9. The number of likely N-dealkylation sites (N-methyl/N-ethyl adjacent to an activating group) is 1. The number of nitrogens with two attached hydrogens (primary N) is 1. The third-order valence-corrected chi connectivity index (χ3v) is 3.76. The standard InChI is InChI=1S/C15H19N3O2S/c1-18(10-12-6-9-21-11-12)7-8-20-14-4-2-13(3-5-14)15(16)17-19/h2-6,9,11,19H,7-8,10H2,1H3,(H2,16,17). The van der Waals surface area contributed by atoms with Gasteiger partial charge >= 0.3 is 0 Å². The molecule has 3 N–H and O–H groups in total. The van der Waals surface area contributed by atoms with E-state index in [1.807, 2.05) is 12.1 Å². The molecule has 1 aromatic carbocycles. The molecular weight excluding hydrogens is 286 g/mol. The number of thiophene rings is 1. The van der Waals surface area contributed by atoms with Crippen molar-refractivity contribution >= 4 is 17.2 Å². The van der Waals surface area contributed by atoms with Crippen LogP contribution in [0.5, 0.6) is 5.75 Å². The molecule has 0 unspecified atom stereocenters. The van der Waals surface area contributed by atoms with Gasteiger partial charge in [0.2, 0.25) is 0 Å². The Balaban J connectivity index is 1.75. The van der Waals surface area contributed by atoms with Crippen molar-refractivity contribution in [2.24, 2.45) is 10.9 Å². The lowest BCUT2D eigenvalue weighted by Gasteiger charge is -2.16. The van der Waals surface area contributed by atoms with E-state index < -0.39 is 0 Å². The fraction of sp³-hybridized carbons (Fsp3) is 0.267. The number of rotatable bonds is 7. The van der Waals surface area contributed by atoms with Crippen molar-refractivity contribution in [2.75, 3.05) is 20.2 Å². The van der Waals surface area contributed by atoms with Gasteiger partial charge in [0.25, 0.3) is 0 Å². The predicted octanol–water partition coefficient (Wildman–Crippen LogP) is 2.35. The van der Waals surface area contributed by atoms with Gasteiger partial charge < -0.3 is 15.7 Å². The van der Waals surface area contributed by atoms with Crippen molar-refractivity contribution in [1.29, 1.82) is 0 Å². The van der Waals surface area contributed by atoms with Crippen LogP contribution < -0.4 is 10.5 Å². The molecule has 112 valence electrons. The number of hydrogen-bond acceptors (Lipinski definition) is 5. The Bertz CT molecular complexity index is 567. The average Bonchev–Trinajstić information content (AvgIpc) is 3.00. The number of nitrogens with zero attached hydrogens (tertiary/aromatic N) is 2. The highest BCUT2D eigenvalue weighted by Gasteiger charge is 2.02. The van der Waals surface area contributed by atoms with Crippen molar-refractivity contribution in [2.45, 2.75) is 6.54 Å². The fourth-order valence-electron chi connectivity index (χ4n) is 1.87. The Kier molecular flexibility index (Phi) is 5.59. The minimum atomic E-state index is 0.0945. The first-order valence-corrected chi connectivity index (χ1v) is 7.53. The van der Waals surface area contributed by atoms with E-state index in [1.165, 1.54) is 5.56 Å². The molecule has 0 saturated carbocycles. The van der Waals surface area contributed by atoms with Crippen LogP contribution in [0.25, 0.3) is 0 Å². The lowest BCUT2D eigenvalue weighted by Crippen LogP contribution is -2.23. The first-order chi connectivity index (χ1) is 10.2. The van der Waals surface area contributed by atoms with Crippen LogP contribution in [0.2, 0.25) is 0 Å². The molecule has 0 spiro atoms. The van der Waals surface area contributed by atoms with Gasteiger partial charge in [-0.2, -0.15) is 11.3 Å². The summed E-state index contributed by atoms with van der Waals surface area (Å²) < 4.78 is 5.68. The van der Waals surface area contributed by atoms with Gasteiger partial charge in [0.15, 0.2) is 5.84 Å². The van der Waals surface area contributed by atoms with Crippen molar-refractivity contribution < 1.29 is 9.94 Å². The van der Waals surface area contributed by atoms with E-state index in [-0.39, 0.29) is 5.84 Å². The van der Waals surface area contributed by atoms with Crippen LogP contribution >= 0.6 is 11.3 Å². The highest BCUT2D eigenvalue weighted by Crippen LogP contribution is 2.12. The van der Waals surface area contributed by atoms with Crippen molar-refractivity contribution in [3.63, 3.8) is 0 Å². The number of amidine groups is 1. The molecule has 0 fully saturated rings. The van der Waals surface area contributed by atoms with Crippen LogP contribution in [0, 0.1) is 0 Å². The summed E-state index contributed by atoms with van der Waals surface area (Å²) >= 11 is 1.71.